The van der Waals surface area contributed by atoms with Crippen LogP contribution in [0.2, 0.25) is 0 Å². The van der Waals surface area contributed by atoms with E-state index in [4.69, 9.17) is 15.2 Å². The van der Waals surface area contributed by atoms with Crippen LogP contribution in [0.25, 0.3) is 10.8 Å². The molecule has 0 saturated carbocycles. The van der Waals surface area contributed by atoms with Gasteiger partial charge in [0.15, 0.2) is 0 Å². The number of fused-ring (bicyclic) bond motifs is 2. The topological polar surface area (TPSA) is 97.0 Å². The first-order valence-corrected chi connectivity index (χ1v) is 9.39. The van der Waals surface area contributed by atoms with Gasteiger partial charge in [-0.25, -0.2) is 0 Å². The molecule has 4 rings (SSSR count). The maximum atomic E-state index is 9.87. The number of ether oxygens (including phenoxy) is 2. The van der Waals surface area contributed by atoms with E-state index in [1.165, 1.54) is 0 Å². The van der Waals surface area contributed by atoms with Gasteiger partial charge >= 0.3 is 0 Å². The predicted octanol–water partition coefficient (Wildman–Crippen LogP) is 4.13. The van der Waals surface area contributed by atoms with Gasteiger partial charge in [-0.05, 0) is 29.9 Å². The van der Waals surface area contributed by atoms with Crippen LogP contribution in [0.1, 0.15) is 42.5 Å². The van der Waals surface area contributed by atoms with Crippen LogP contribution in [0.5, 0.6) is 11.6 Å². The van der Waals surface area contributed by atoms with Gasteiger partial charge in [-0.15, -0.1) is 5.10 Å². The van der Waals surface area contributed by atoms with Gasteiger partial charge in [0.05, 0.1) is 13.0 Å². The maximum absolute atomic E-state index is 9.87. The van der Waals surface area contributed by atoms with Crippen LogP contribution < -0.4 is 15.2 Å². The van der Waals surface area contributed by atoms with Crippen molar-refractivity contribution in [3.63, 3.8) is 0 Å². The molecule has 3 aromatic rings. The third-order valence-electron chi connectivity index (χ3n) is 5.25. The van der Waals surface area contributed by atoms with E-state index in [0.29, 0.717) is 11.5 Å². The summed E-state index contributed by atoms with van der Waals surface area (Å²) in [5.74, 6) is 1.01. The number of hydrogen-bond acceptors (Lipinski definition) is 5. The van der Waals surface area contributed by atoms with Crippen LogP contribution in [0.4, 0.5) is 0 Å². The molecular formula is C22H22N4O2. The molecule has 0 spiro atoms. The summed E-state index contributed by atoms with van der Waals surface area (Å²) >= 11 is 0. The number of benzene rings is 2. The third-order valence-corrected chi connectivity index (χ3v) is 5.25. The summed E-state index contributed by atoms with van der Waals surface area (Å²) in [6, 6.07) is 14.2. The highest BCUT2D eigenvalue weighted by Crippen LogP contribution is 2.46. The van der Waals surface area contributed by atoms with Crippen LogP contribution in [-0.4, -0.2) is 17.3 Å². The van der Waals surface area contributed by atoms with Gasteiger partial charge in [0.25, 0.3) is 0 Å². The third kappa shape index (κ3) is 2.76. The quantitative estimate of drug-likeness (QED) is 0.700. The minimum Gasteiger partial charge on any atom is -0.496 e. The van der Waals surface area contributed by atoms with Crippen LogP contribution >= 0.6 is 0 Å². The second-order valence-electron chi connectivity index (χ2n) is 6.85. The van der Waals surface area contributed by atoms with E-state index in [1.807, 2.05) is 36.4 Å². The van der Waals surface area contributed by atoms with Gasteiger partial charge < -0.3 is 15.2 Å². The lowest BCUT2D eigenvalue weighted by molar-refractivity contribution is 0.379. The molecule has 28 heavy (non-hydrogen) atoms. The zero-order chi connectivity index (χ0) is 19.7. The molecule has 0 amide bonds. The van der Waals surface area contributed by atoms with Crippen LogP contribution in [-0.2, 0) is 6.42 Å². The number of aromatic amines is 1. The first-order valence-electron chi connectivity index (χ1n) is 9.39. The molecule has 1 aliphatic rings. The maximum Gasteiger partial charge on any atom is 0.244 e. The number of nitrogens with two attached hydrogens (primary N) is 1. The summed E-state index contributed by atoms with van der Waals surface area (Å²) in [5.41, 5.74) is 9.37. The molecule has 0 bridgehead atoms. The lowest BCUT2D eigenvalue weighted by atomic mass is 9.81. The van der Waals surface area contributed by atoms with Crippen molar-refractivity contribution in [2.45, 2.75) is 32.1 Å². The molecule has 1 aliphatic heterocycles. The zero-order valence-electron chi connectivity index (χ0n) is 16.0. The molecule has 6 nitrogen and oxygen atoms in total. The van der Waals surface area contributed by atoms with Crippen molar-refractivity contribution in [3.8, 4) is 17.7 Å². The summed E-state index contributed by atoms with van der Waals surface area (Å²) in [6.07, 6.45) is 2.92. The number of unbranched alkanes of at least 4 members (excludes halogenated alkanes) is 1. The monoisotopic (exact) mass is 374 g/mol. The first kappa shape index (κ1) is 17.9. The van der Waals surface area contributed by atoms with Crippen LogP contribution in [0.3, 0.4) is 0 Å². The fourth-order valence-electron chi connectivity index (χ4n) is 3.89. The van der Waals surface area contributed by atoms with E-state index < -0.39 is 0 Å². The fourth-order valence-corrected chi connectivity index (χ4v) is 3.89. The van der Waals surface area contributed by atoms with Gasteiger partial charge in [0.1, 0.15) is 17.4 Å². The number of aromatic nitrogens is 2. The number of H-pyrrole nitrogens is 1. The average Bonchev–Trinajstić information content (AvgIpc) is 3.12. The normalized spacial score (nSPS) is 15.8. The molecule has 1 unspecified atom stereocenters. The van der Waals surface area contributed by atoms with Crippen molar-refractivity contribution in [2.75, 3.05) is 7.11 Å². The van der Waals surface area contributed by atoms with E-state index >= 15 is 0 Å². The second kappa shape index (κ2) is 7.28. The lowest BCUT2D eigenvalue weighted by Gasteiger charge is -2.25. The molecular weight excluding hydrogens is 352 g/mol. The Morgan fingerprint density at radius 2 is 2.04 bits per heavy atom. The summed E-state index contributed by atoms with van der Waals surface area (Å²) in [7, 11) is 1.66. The molecule has 2 heterocycles. The number of hydrogen-bond donors (Lipinski definition) is 2. The Morgan fingerprint density at radius 3 is 2.75 bits per heavy atom. The molecule has 1 atom stereocenters. The molecule has 142 valence electrons. The number of rotatable bonds is 5. The van der Waals surface area contributed by atoms with Crippen molar-refractivity contribution in [3.05, 3.63) is 64.7 Å². The van der Waals surface area contributed by atoms with E-state index in [0.717, 1.165) is 52.6 Å². The van der Waals surface area contributed by atoms with E-state index in [2.05, 4.69) is 23.2 Å². The minimum atomic E-state index is -0.338. The van der Waals surface area contributed by atoms with E-state index in [9.17, 15) is 5.26 Å². The van der Waals surface area contributed by atoms with Gasteiger partial charge in [-0.2, -0.15) is 5.26 Å². The predicted molar refractivity (Wildman–Crippen MR) is 107 cm³/mol. The Bertz CT molecular complexity index is 1110. The highest BCUT2D eigenvalue weighted by molar-refractivity contribution is 5.92. The molecule has 0 radical (unpaired) electrons. The molecule has 6 heteroatoms. The Morgan fingerprint density at radius 1 is 1.25 bits per heavy atom. The Labute approximate surface area is 163 Å². The number of allylic oxidation sites excluding steroid dienone is 1. The number of methoxy groups -OCH3 is 1. The van der Waals surface area contributed by atoms with Crippen LogP contribution in [0, 0.1) is 11.3 Å². The van der Waals surface area contributed by atoms with Crippen molar-refractivity contribution in [1.29, 1.82) is 5.26 Å². The number of nitrogens with zero attached hydrogens (tertiary/aromatic N) is 2. The first-order chi connectivity index (χ1) is 13.7. The largest absolute Gasteiger partial charge is 0.496 e. The van der Waals surface area contributed by atoms with Gasteiger partial charge in [-0.3, -0.25) is 5.10 Å². The Balaban J connectivity index is 1.98. The smallest absolute Gasteiger partial charge is 0.244 e. The van der Waals surface area contributed by atoms with Crippen molar-refractivity contribution in [2.24, 2.45) is 5.73 Å². The van der Waals surface area contributed by atoms with Crippen LogP contribution in [0.15, 0.2) is 47.9 Å². The van der Waals surface area contributed by atoms with Gasteiger partial charge in [0, 0.05) is 16.6 Å². The molecule has 3 N–H and O–H groups in total. The van der Waals surface area contributed by atoms with Crippen molar-refractivity contribution in [1.82, 2.24) is 10.2 Å². The average molecular weight is 374 g/mol. The molecule has 1 aromatic heterocycles. The number of nitriles is 1. The van der Waals surface area contributed by atoms with E-state index in [-0.39, 0.29) is 11.8 Å². The lowest BCUT2D eigenvalue weighted by Crippen LogP contribution is -2.21. The summed E-state index contributed by atoms with van der Waals surface area (Å²) in [5, 5.41) is 19.3. The Hall–Kier alpha value is -3.46. The number of aryl methyl sites for hydroxylation is 1. The van der Waals surface area contributed by atoms with Crippen molar-refractivity contribution >= 4 is 10.8 Å². The Kier molecular flexibility index (Phi) is 4.66. The highest BCUT2D eigenvalue weighted by atomic mass is 16.5. The zero-order valence-corrected chi connectivity index (χ0v) is 16.0. The molecule has 2 aromatic carbocycles. The summed E-state index contributed by atoms with van der Waals surface area (Å²) in [4.78, 5) is 0. The van der Waals surface area contributed by atoms with E-state index in [1.54, 1.807) is 7.11 Å². The standard InChI is InChI=1S/C22H22N4O2/c1-3-4-9-17-20-19(16(12-23)21(24)28-22(20)26-25-17)15-10-11-18(27-2)14-8-6-5-7-13(14)15/h5-8,10-11,19H,3-4,9,24H2,1-2H3,(H,25,26). The van der Waals surface area contributed by atoms with Crippen molar-refractivity contribution < 1.29 is 9.47 Å². The van der Waals surface area contributed by atoms with Gasteiger partial charge in [0.2, 0.25) is 11.8 Å². The summed E-state index contributed by atoms with van der Waals surface area (Å²) < 4.78 is 11.2. The second-order valence-corrected chi connectivity index (χ2v) is 6.85. The molecule has 0 aliphatic carbocycles. The van der Waals surface area contributed by atoms with Gasteiger partial charge in [-0.1, -0.05) is 43.7 Å². The number of nitrogens with one attached hydrogen (secondary N) is 1. The SMILES string of the molecule is CCCCc1[nH]nc2c1C(c1ccc(OC)c3ccccc13)C(C#N)=C(N)O2. The molecule has 0 fully saturated rings. The fraction of sp³-hybridized carbons (Fsp3) is 0.273. The highest BCUT2D eigenvalue weighted by Gasteiger charge is 2.35. The summed E-state index contributed by atoms with van der Waals surface area (Å²) in [6.45, 7) is 2.15. The minimum absolute atomic E-state index is 0.105. The molecule has 0 saturated heterocycles.